The van der Waals surface area contributed by atoms with Gasteiger partial charge >= 0.3 is 0 Å². The van der Waals surface area contributed by atoms with Crippen LogP contribution >= 0.6 is 0 Å². The highest BCUT2D eigenvalue weighted by molar-refractivity contribution is 5.78. The number of nitrogens with one attached hydrogen (secondary N) is 2. The van der Waals surface area contributed by atoms with Gasteiger partial charge in [0.25, 0.3) is 0 Å². The molecule has 3 N–H and O–H groups in total. The molecule has 0 aromatic heterocycles. The fraction of sp³-hybridized carbons (Fsp3) is 0.562. The van der Waals surface area contributed by atoms with E-state index in [1.807, 2.05) is 24.3 Å². The molecule has 22 heavy (non-hydrogen) atoms. The van der Waals surface area contributed by atoms with Gasteiger partial charge in [-0.2, -0.15) is 0 Å². The second kappa shape index (κ2) is 8.12. The van der Waals surface area contributed by atoms with Crippen molar-refractivity contribution < 1.29 is 19.4 Å². The van der Waals surface area contributed by atoms with E-state index in [2.05, 4.69) is 10.6 Å². The molecule has 2 rings (SSSR count). The minimum Gasteiger partial charge on any atom is -0.497 e. The summed E-state index contributed by atoms with van der Waals surface area (Å²) in [6.45, 7) is 1.87. The number of methoxy groups -OCH3 is 1. The van der Waals surface area contributed by atoms with Crippen molar-refractivity contribution in [3.05, 3.63) is 29.8 Å². The molecule has 1 heterocycles. The van der Waals surface area contributed by atoms with Gasteiger partial charge in [-0.25, -0.2) is 0 Å². The van der Waals surface area contributed by atoms with E-state index in [0.717, 1.165) is 11.3 Å². The van der Waals surface area contributed by atoms with Gasteiger partial charge in [-0.1, -0.05) is 12.1 Å². The highest BCUT2D eigenvalue weighted by Crippen LogP contribution is 2.19. The van der Waals surface area contributed by atoms with Crippen molar-refractivity contribution in [3.63, 3.8) is 0 Å². The quantitative estimate of drug-likeness (QED) is 0.681. The molecule has 1 aliphatic heterocycles. The summed E-state index contributed by atoms with van der Waals surface area (Å²) in [4.78, 5) is 12.0. The van der Waals surface area contributed by atoms with Crippen LogP contribution in [-0.4, -0.2) is 50.0 Å². The van der Waals surface area contributed by atoms with E-state index in [1.54, 1.807) is 7.11 Å². The van der Waals surface area contributed by atoms with Crippen molar-refractivity contribution >= 4 is 5.91 Å². The van der Waals surface area contributed by atoms with Gasteiger partial charge in [-0.05, 0) is 30.5 Å². The molecule has 1 aliphatic rings. The average Bonchev–Trinajstić information content (AvgIpc) is 2.59. The SMILES string of the molecule is COc1cccc(CNC(=O)CNC2(CO)CCOCC2)c1. The first-order chi connectivity index (χ1) is 10.7. The molecule has 0 unspecified atom stereocenters. The summed E-state index contributed by atoms with van der Waals surface area (Å²) < 4.78 is 10.4. The fourth-order valence-electron chi connectivity index (χ4n) is 2.47. The van der Waals surface area contributed by atoms with Crippen LogP contribution in [0.5, 0.6) is 5.75 Å². The summed E-state index contributed by atoms with van der Waals surface area (Å²) in [7, 11) is 1.61. The van der Waals surface area contributed by atoms with Gasteiger partial charge < -0.3 is 25.2 Å². The zero-order valence-electron chi connectivity index (χ0n) is 12.9. The lowest BCUT2D eigenvalue weighted by Crippen LogP contribution is -2.54. The summed E-state index contributed by atoms with van der Waals surface area (Å²) in [5, 5.41) is 15.6. The van der Waals surface area contributed by atoms with Gasteiger partial charge in [-0.15, -0.1) is 0 Å². The maximum Gasteiger partial charge on any atom is 0.234 e. The minimum absolute atomic E-state index is 0.0134. The van der Waals surface area contributed by atoms with E-state index >= 15 is 0 Å². The number of carbonyl (C=O) groups excluding carboxylic acids is 1. The van der Waals surface area contributed by atoms with Crippen molar-refractivity contribution in [1.29, 1.82) is 0 Å². The first-order valence-electron chi connectivity index (χ1n) is 7.51. The van der Waals surface area contributed by atoms with Gasteiger partial charge in [-0.3, -0.25) is 4.79 Å². The Bertz CT molecular complexity index is 487. The summed E-state index contributed by atoms with van der Waals surface area (Å²) in [6, 6.07) is 7.58. The van der Waals surface area contributed by atoms with Crippen LogP contribution in [0.25, 0.3) is 0 Å². The van der Waals surface area contributed by atoms with Crippen molar-refractivity contribution in [1.82, 2.24) is 10.6 Å². The van der Waals surface area contributed by atoms with Crippen LogP contribution in [0.4, 0.5) is 0 Å². The third kappa shape index (κ3) is 4.69. The van der Waals surface area contributed by atoms with Crippen molar-refractivity contribution in [3.8, 4) is 5.75 Å². The zero-order valence-corrected chi connectivity index (χ0v) is 12.9. The first kappa shape index (κ1) is 16.7. The van der Waals surface area contributed by atoms with Gasteiger partial charge in [0.2, 0.25) is 5.91 Å². The Balaban J connectivity index is 1.77. The molecule has 1 saturated heterocycles. The van der Waals surface area contributed by atoms with Crippen molar-refractivity contribution in [2.24, 2.45) is 0 Å². The number of aliphatic hydroxyl groups excluding tert-OH is 1. The maximum atomic E-state index is 12.0. The highest BCUT2D eigenvalue weighted by Gasteiger charge is 2.31. The Morgan fingerprint density at radius 1 is 1.41 bits per heavy atom. The van der Waals surface area contributed by atoms with E-state index in [0.29, 0.717) is 32.6 Å². The standard InChI is InChI=1S/C16H24N2O4/c1-21-14-4-2-3-13(9-14)10-17-15(20)11-18-16(12-19)5-7-22-8-6-16/h2-4,9,18-19H,5-8,10-12H2,1H3,(H,17,20). The largest absolute Gasteiger partial charge is 0.497 e. The summed E-state index contributed by atoms with van der Waals surface area (Å²) in [5.74, 6) is 0.674. The van der Waals surface area contributed by atoms with Crippen LogP contribution in [0.15, 0.2) is 24.3 Å². The fourth-order valence-corrected chi connectivity index (χ4v) is 2.47. The number of carbonyl (C=O) groups is 1. The van der Waals surface area contributed by atoms with Gasteiger partial charge in [0.1, 0.15) is 5.75 Å². The topological polar surface area (TPSA) is 79.8 Å². The molecule has 0 aliphatic carbocycles. The molecule has 0 radical (unpaired) electrons. The highest BCUT2D eigenvalue weighted by atomic mass is 16.5. The van der Waals surface area contributed by atoms with Crippen LogP contribution in [0, 0.1) is 0 Å². The number of aliphatic hydroxyl groups is 1. The molecule has 6 heteroatoms. The lowest BCUT2D eigenvalue weighted by molar-refractivity contribution is -0.121. The lowest BCUT2D eigenvalue weighted by Gasteiger charge is -2.36. The third-order valence-electron chi connectivity index (χ3n) is 4.00. The van der Waals surface area contributed by atoms with Crippen LogP contribution in [0.2, 0.25) is 0 Å². The summed E-state index contributed by atoms with van der Waals surface area (Å²) >= 11 is 0. The molecule has 6 nitrogen and oxygen atoms in total. The predicted molar refractivity (Wildman–Crippen MR) is 82.7 cm³/mol. The Kier molecular flexibility index (Phi) is 6.18. The summed E-state index contributed by atoms with van der Waals surface area (Å²) in [6.07, 6.45) is 1.43. The van der Waals surface area contributed by atoms with Gasteiger partial charge in [0.15, 0.2) is 0 Å². The predicted octanol–water partition coefficient (Wildman–Crippen LogP) is 0.442. The molecular formula is C16H24N2O4. The van der Waals surface area contributed by atoms with E-state index in [1.165, 1.54) is 0 Å². The van der Waals surface area contributed by atoms with Gasteiger partial charge in [0, 0.05) is 25.3 Å². The van der Waals surface area contributed by atoms with Crippen LogP contribution in [-0.2, 0) is 16.1 Å². The average molecular weight is 308 g/mol. The Hall–Kier alpha value is -1.63. The monoisotopic (exact) mass is 308 g/mol. The maximum absolute atomic E-state index is 12.0. The second-order valence-corrected chi connectivity index (χ2v) is 5.53. The molecule has 0 saturated carbocycles. The number of rotatable bonds is 7. The van der Waals surface area contributed by atoms with E-state index in [-0.39, 0.29) is 19.1 Å². The van der Waals surface area contributed by atoms with E-state index in [4.69, 9.17) is 9.47 Å². The molecule has 1 aromatic carbocycles. The Morgan fingerprint density at radius 2 is 2.18 bits per heavy atom. The minimum atomic E-state index is -0.397. The summed E-state index contributed by atoms with van der Waals surface area (Å²) in [5.41, 5.74) is 0.585. The van der Waals surface area contributed by atoms with Crippen molar-refractivity contribution in [2.75, 3.05) is 33.5 Å². The Morgan fingerprint density at radius 3 is 2.86 bits per heavy atom. The van der Waals surface area contributed by atoms with Gasteiger partial charge in [0.05, 0.1) is 20.3 Å². The van der Waals surface area contributed by atoms with Crippen LogP contribution < -0.4 is 15.4 Å². The number of hydrogen-bond donors (Lipinski definition) is 3. The molecular weight excluding hydrogens is 284 g/mol. The molecule has 1 fully saturated rings. The normalized spacial score (nSPS) is 17.0. The third-order valence-corrected chi connectivity index (χ3v) is 4.00. The Labute approximate surface area is 130 Å². The van der Waals surface area contributed by atoms with Crippen molar-refractivity contribution in [2.45, 2.75) is 24.9 Å². The van der Waals surface area contributed by atoms with E-state index in [9.17, 15) is 9.90 Å². The molecule has 0 atom stereocenters. The van der Waals surface area contributed by atoms with Crippen LogP contribution in [0.1, 0.15) is 18.4 Å². The molecule has 1 aromatic rings. The van der Waals surface area contributed by atoms with E-state index < -0.39 is 5.54 Å². The zero-order chi connectivity index (χ0) is 15.8. The first-order valence-corrected chi connectivity index (χ1v) is 7.51. The molecule has 1 amide bonds. The lowest BCUT2D eigenvalue weighted by atomic mass is 9.91. The number of benzene rings is 1. The number of hydrogen-bond acceptors (Lipinski definition) is 5. The molecule has 122 valence electrons. The number of amides is 1. The smallest absolute Gasteiger partial charge is 0.234 e. The van der Waals surface area contributed by atoms with Crippen LogP contribution in [0.3, 0.4) is 0 Å². The number of ether oxygens (including phenoxy) is 2. The second-order valence-electron chi connectivity index (χ2n) is 5.53. The molecule has 0 bridgehead atoms. The molecule has 0 spiro atoms.